The molecule has 0 fully saturated rings. The van der Waals surface area contributed by atoms with E-state index >= 15 is 0 Å². The molecule has 8 heteroatoms. The maximum atomic E-state index is 13.3. The number of pyridine rings is 1. The average Bonchev–Trinajstić information content (AvgIpc) is 2.86. The number of fused-ring (bicyclic) bond motifs is 2. The molecular weight excluding hydrogens is 467 g/mol. The maximum Gasteiger partial charge on any atom is 0.392 e. The van der Waals surface area contributed by atoms with E-state index in [1.54, 1.807) is 6.08 Å². The monoisotopic (exact) mass is 495 g/mol. The number of hydrogen-bond acceptors (Lipinski definition) is 4. The predicted molar refractivity (Wildman–Crippen MR) is 134 cm³/mol. The van der Waals surface area contributed by atoms with E-state index in [2.05, 4.69) is 0 Å². The molecule has 1 aromatic heterocycles. The lowest BCUT2D eigenvalue weighted by Crippen LogP contribution is -2.26. The van der Waals surface area contributed by atoms with Crippen LogP contribution in [-0.4, -0.2) is 37.8 Å². The van der Waals surface area contributed by atoms with E-state index in [-0.39, 0.29) is 18.8 Å². The van der Waals surface area contributed by atoms with Crippen LogP contribution in [0, 0.1) is 5.92 Å². The lowest BCUT2D eigenvalue weighted by Gasteiger charge is -2.30. The third kappa shape index (κ3) is 4.18. The van der Waals surface area contributed by atoms with Crippen LogP contribution in [0.5, 0.6) is 5.75 Å². The molecule has 0 radical (unpaired) electrons. The van der Waals surface area contributed by atoms with E-state index in [0.717, 1.165) is 27.8 Å². The Balaban J connectivity index is 1.74. The van der Waals surface area contributed by atoms with Crippen molar-refractivity contribution in [3.8, 4) is 5.75 Å². The normalized spacial score (nSPS) is 19.9. The summed E-state index contributed by atoms with van der Waals surface area (Å²) in [6.45, 7) is 0.475. The summed E-state index contributed by atoms with van der Waals surface area (Å²) in [6.07, 6.45) is -1.56. The van der Waals surface area contributed by atoms with Gasteiger partial charge in [-0.25, -0.2) is 0 Å². The fourth-order valence-corrected chi connectivity index (χ4v) is 5.51. The molecule has 5 nitrogen and oxygen atoms in total. The standard InChI is InChI=1S/C28H28F3N3O2/c1-34(2)26-21-8-5-7-18(16-10-12-17(13-11-16)28(29,30)31)24(21)33-25(23(26)27(32)35)20-14-15-36-22-9-4-3-6-19(20)22/h3-10,17,20H,11-15H2,1-2H3,(H2,32,35)/t17?,20-/m0/s1. The van der Waals surface area contributed by atoms with E-state index in [9.17, 15) is 18.0 Å². The molecule has 2 heterocycles. The number of benzene rings is 2. The first-order chi connectivity index (χ1) is 17.2. The van der Waals surface area contributed by atoms with Crippen LogP contribution in [0.3, 0.4) is 0 Å². The molecule has 0 saturated carbocycles. The van der Waals surface area contributed by atoms with Crippen molar-refractivity contribution in [1.82, 2.24) is 4.98 Å². The zero-order valence-corrected chi connectivity index (χ0v) is 20.2. The fourth-order valence-electron chi connectivity index (χ4n) is 5.51. The van der Waals surface area contributed by atoms with Gasteiger partial charge in [0.15, 0.2) is 0 Å². The summed E-state index contributed by atoms with van der Waals surface area (Å²) in [5.74, 6) is -1.35. The van der Waals surface area contributed by atoms with Crippen LogP contribution in [0.1, 0.15) is 58.8 Å². The smallest absolute Gasteiger partial charge is 0.392 e. The number of alkyl halides is 3. The van der Waals surface area contributed by atoms with Crippen LogP contribution in [0.4, 0.5) is 18.9 Å². The summed E-state index contributed by atoms with van der Waals surface area (Å²) < 4.78 is 45.6. The Hall–Kier alpha value is -3.55. The number of ether oxygens (including phenoxy) is 1. The number of hydrogen-bond donors (Lipinski definition) is 1. The Morgan fingerprint density at radius 3 is 2.56 bits per heavy atom. The Bertz CT molecular complexity index is 1360. The van der Waals surface area contributed by atoms with E-state index in [0.29, 0.717) is 41.9 Å². The first kappa shape index (κ1) is 24.2. The van der Waals surface area contributed by atoms with Gasteiger partial charge in [-0.05, 0) is 37.3 Å². The lowest BCUT2D eigenvalue weighted by atomic mass is 9.84. The van der Waals surface area contributed by atoms with Gasteiger partial charge < -0.3 is 15.4 Å². The number of amides is 1. The highest BCUT2D eigenvalue weighted by atomic mass is 19.4. The molecule has 0 spiro atoms. The maximum absolute atomic E-state index is 13.3. The summed E-state index contributed by atoms with van der Waals surface area (Å²) in [6, 6.07) is 13.3. The topological polar surface area (TPSA) is 68.5 Å². The minimum absolute atomic E-state index is 0.0463. The highest BCUT2D eigenvalue weighted by Crippen LogP contribution is 2.45. The first-order valence-electron chi connectivity index (χ1n) is 12.1. The third-order valence-corrected chi connectivity index (χ3v) is 7.22. The van der Waals surface area contributed by atoms with Gasteiger partial charge in [0.2, 0.25) is 0 Å². The number of aromatic nitrogens is 1. The van der Waals surface area contributed by atoms with Crippen molar-refractivity contribution in [3.05, 3.63) is 70.9 Å². The van der Waals surface area contributed by atoms with Gasteiger partial charge in [-0.2, -0.15) is 13.2 Å². The number of carbonyl (C=O) groups is 1. The molecule has 2 N–H and O–H groups in total. The third-order valence-electron chi connectivity index (χ3n) is 7.22. The molecule has 1 amide bonds. The van der Waals surface area contributed by atoms with Crippen LogP contribution in [0.15, 0.2) is 48.5 Å². The second-order valence-electron chi connectivity index (χ2n) is 9.65. The van der Waals surface area contributed by atoms with Crippen LogP contribution in [0.2, 0.25) is 0 Å². The highest BCUT2D eigenvalue weighted by Gasteiger charge is 2.40. The number of primary amides is 1. The van der Waals surface area contributed by atoms with E-state index in [1.807, 2.05) is 61.5 Å². The quantitative estimate of drug-likeness (QED) is 0.478. The minimum atomic E-state index is -4.20. The molecule has 188 valence electrons. The van der Waals surface area contributed by atoms with Crippen molar-refractivity contribution in [1.29, 1.82) is 0 Å². The number of halogens is 3. The fraction of sp³-hybridized carbons (Fsp3) is 0.357. The Morgan fingerprint density at radius 2 is 1.89 bits per heavy atom. The van der Waals surface area contributed by atoms with Gasteiger partial charge in [0, 0.05) is 36.5 Å². The number of rotatable bonds is 4. The van der Waals surface area contributed by atoms with Gasteiger partial charge in [0.1, 0.15) is 5.75 Å². The zero-order chi connectivity index (χ0) is 25.6. The van der Waals surface area contributed by atoms with Crippen molar-refractivity contribution in [2.24, 2.45) is 11.7 Å². The van der Waals surface area contributed by atoms with Crippen molar-refractivity contribution >= 4 is 28.1 Å². The van der Waals surface area contributed by atoms with Crippen LogP contribution in [0.25, 0.3) is 16.5 Å². The number of anilines is 1. The highest BCUT2D eigenvalue weighted by molar-refractivity contribution is 6.10. The van der Waals surface area contributed by atoms with Gasteiger partial charge in [-0.3, -0.25) is 9.78 Å². The molecule has 2 atom stereocenters. The second kappa shape index (κ2) is 9.15. The van der Waals surface area contributed by atoms with Gasteiger partial charge in [0.05, 0.1) is 35.0 Å². The molecule has 5 rings (SSSR count). The second-order valence-corrected chi connectivity index (χ2v) is 9.65. The summed E-state index contributed by atoms with van der Waals surface area (Å²) in [4.78, 5) is 19.8. The molecule has 1 aliphatic carbocycles. The van der Waals surface area contributed by atoms with E-state index in [4.69, 9.17) is 15.5 Å². The van der Waals surface area contributed by atoms with Crippen molar-refractivity contribution < 1.29 is 22.7 Å². The first-order valence-corrected chi connectivity index (χ1v) is 12.1. The Kier molecular flexibility index (Phi) is 6.14. The Morgan fingerprint density at radius 1 is 1.11 bits per heavy atom. The van der Waals surface area contributed by atoms with Crippen LogP contribution in [-0.2, 0) is 0 Å². The molecule has 1 aliphatic heterocycles. The van der Waals surface area contributed by atoms with Crippen LogP contribution >= 0.6 is 0 Å². The summed E-state index contributed by atoms with van der Waals surface area (Å²) >= 11 is 0. The molecule has 1 unspecified atom stereocenters. The van der Waals surface area contributed by atoms with Gasteiger partial charge >= 0.3 is 6.18 Å². The van der Waals surface area contributed by atoms with Gasteiger partial charge in [-0.1, -0.05) is 42.5 Å². The van der Waals surface area contributed by atoms with E-state index in [1.165, 1.54) is 0 Å². The molecule has 2 aliphatic rings. The number of carbonyl (C=O) groups excluding carboxylic acids is 1. The SMILES string of the molecule is CN(C)c1c(C(N)=O)c([C@H]2CCOc3ccccc32)nc2c(C3=CCC(C(F)(F)F)CC3)cccc12. The number of nitrogens with zero attached hydrogens (tertiary/aromatic N) is 2. The summed E-state index contributed by atoms with van der Waals surface area (Å²) in [5, 5.41) is 0.745. The molecular formula is C28H28F3N3O2. The van der Waals surface area contributed by atoms with E-state index < -0.39 is 18.0 Å². The zero-order valence-electron chi connectivity index (χ0n) is 20.2. The molecule has 36 heavy (non-hydrogen) atoms. The molecule has 0 saturated heterocycles. The molecule has 2 aromatic carbocycles. The Labute approximate surface area is 207 Å². The predicted octanol–water partition coefficient (Wildman–Crippen LogP) is 6.06. The largest absolute Gasteiger partial charge is 0.493 e. The number of nitrogens with two attached hydrogens (primary N) is 1. The van der Waals surface area contributed by atoms with Crippen LogP contribution < -0.4 is 15.4 Å². The summed E-state index contributed by atoms with van der Waals surface area (Å²) in [5.41, 5.74) is 10.8. The average molecular weight is 496 g/mol. The van der Waals surface area contributed by atoms with Crippen molar-refractivity contribution in [2.75, 3.05) is 25.6 Å². The number of allylic oxidation sites excluding steroid dienone is 2. The summed E-state index contributed by atoms with van der Waals surface area (Å²) in [7, 11) is 3.70. The van der Waals surface area contributed by atoms with Crippen molar-refractivity contribution in [3.63, 3.8) is 0 Å². The van der Waals surface area contributed by atoms with Gasteiger partial charge in [0.25, 0.3) is 5.91 Å². The minimum Gasteiger partial charge on any atom is -0.493 e. The molecule has 0 bridgehead atoms. The van der Waals surface area contributed by atoms with Gasteiger partial charge in [-0.15, -0.1) is 0 Å². The molecule has 3 aromatic rings. The lowest BCUT2D eigenvalue weighted by molar-refractivity contribution is -0.175. The number of para-hydroxylation sites is 2. The van der Waals surface area contributed by atoms with Crippen molar-refractivity contribution in [2.45, 2.75) is 37.8 Å².